The van der Waals surface area contributed by atoms with E-state index in [4.69, 9.17) is 10.2 Å². The third-order valence-electron chi connectivity index (χ3n) is 4.46. The van der Waals surface area contributed by atoms with E-state index in [1.807, 2.05) is 0 Å². The molecule has 7 nitrogen and oxygen atoms in total. The zero-order chi connectivity index (χ0) is 20.2. The zero-order valence-electron chi connectivity index (χ0n) is 15.4. The topological polar surface area (TPSA) is 101 Å². The van der Waals surface area contributed by atoms with Gasteiger partial charge in [0.2, 0.25) is 12.3 Å². The molecule has 0 atom stereocenters. The lowest BCUT2D eigenvalue weighted by Crippen LogP contribution is -2.20. The lowest BCUT2D eigenvalue weighted by atomic mass is 10.1. The van der Waals surface area contributed by atoms with Crippen LogP contribution in [-0.4, -0.2) is 17.3 Å². The smallest absolute Gasteiger partial charge is 0.255 e. The monoisotopic (exact) mass is 386 g/mol. The number of pyridine rings is 1. The third-order valence-corrected chi connectivity index (χ3v) is 4.46. The highest BCUT2D eigenvalue weighted by Gasteiger charge is 2.13. The number of nitrogens with one attached hydrogen (secondary N) is 1. The average molecular weight is 386 g/mol. The fourth-order valence-corrected chi connectivity index (χ4v) is 2.93. The number of nitrogen functional groups attached to an aromatic ring is 1. The molecule has 4 aromatic rings. The Morgan fingerprint density at radius 3 is 2.62 bits per heavy atom. The minimum atomic E-state index is -0.259. The van der Waals surface area contributed by atoms with Crippen molar-refractivity contribution in [2.75, 3.05) is 16.0 Å². The fourth-order valence-electron chi connectivity index (χ4n) is 2.93. The van der Waals surface area contributed by atoms with Gasteiger partial charge >= 0.3 is 0 Å². The van der Waals surface area contributed by atoms with E-state index in [9.17, 15) is 9.59 Å². The summed E-state index contributed by atoms with van der Waals surface area (Å²) in [5, 5.41) is 2.79. The maximum absolute atomic E-state index is 12.4. The molecule has 0 fully saturated rings. The molecule has 144 valence electrons. The fraction of sp³-hybridized carbons (Fsp3) is 0.0455. The van der Waals surface area contributed by atoms with E-state index in [-0.39, 0.29) is 5.91 Å². The Kier molecular flexibility index (Phi) is 4.94. The van der Waals surface area contributed by atoms with E-state index in [0.29, 0.717) is 46.9 Å². The first kappa shape index (κ1) is 18.2. The molecule has 3 N–H and O–H groups in total. The molecule has 0 spiro atoms. The molecule has 2 heterocycles. The third kappa shape index (κ3) is 3.93. The predicted molar refractivity (Wildman–Crippen MR) is 112 cm³/mol. The van der Waals surface area contributed by atoms with Gasteiger partial charge in [0.15, 0.2) is 5.58 Å². The van der Waals surface area contributed by atoms with Gasteiger partial charge in [0.05, 0.1) is 17.9 Å². The summed E-state index contributed by atoms with van der Waals surface area (Å²) in [5.74, 6) is 0.153. The van der Waals surface area contributed by atoms with Gasteiger partial charge < -0.3 is 15.5 Å². The summed E-state index contributed by atoms with van der Waals surface area (Å²) in [6.45, 7) is 0.302. The first-order chi connectivity index (χ1) is 14.1. The highest BCUT2D eigenvalue weighted by molar-refractivity contribution is 6.05. The standard InChI is InChI=1S/C22H18N4O3/c23-17-4-1-2-5-18(17)25-22(28)16-9-7-15(8-10-16)13-26(14-27)21-12-19-20(29-21)6-3-11-24-19/h1-12,14H,13,23H2,(H,25,28). The second kappa shape index (κ2) is 7.85. The summed E-state index contributed by atoms with van der Waals surface area (Å²) in [6, 6.07) is 19.3. The molecule has 2 amide bonds. The molecule has 7 heteroatoms. The summed E-state index contributed by atoms with van der Waals surface area (Å²) in [5.41, 5.74) is 9.55. The van der Waals surface area contributed by atoms with Crippen LogP contribution >= 0.6 is 0 Å². The van der Waals surface area contributed by atoms with Gasteiger partial charge in [0.1, 0.15) is 5.52 Å². The van der Waals surface area contributed by atoms with Gasteiger partial charge in [-0.05, 0) is 42.0 Å². The van der Waals surface area contributed by atoms with Gasteiger partial charge in [-0.15, -0.1) is 0 Å². The van der Waals surface area contributed by atoms with Crippen LogP contribution < -0.4 is 16.0 Å². The van der Waals surface area contributed by atoms with E-state index < -0.39 is 0 Å². The van der Waals surface area contributed by atoms with E-state index in [2.05, 4.69) is 10.3 Å². The average Bonchev–Trinajstić information content (AvgIpc) is 3.18. The maximum atomic E-state index is 12.4. The second-order valence-corrected chi connectivity index (χ2v) is 6.44. The van der Waals surface area contributed by atoms with Crippen LogP contribution in [0.25, 0.3) is 11.1 Å². The summed E-state index contributed by atoms with van der Waals surface area (Å²) < 4.78 is 5.69. The van der Waals surface area contributed by atoms with Crippen molar-refractivity contribution in [3.05, 3.63) is 84.1 Å². The van der Waals surface area contributed by atoms with Crippen molar-refractivity contribution in [2.45, 2.75) is 6.54 Å². The van der Waals surface area contributed by atoms with Crippen LogP contribution in [0.5, 0.6) is 0 Å². The molecule has 0 unspecified atom stereocenters. The minimum absolute atomic E-state index is 0.259. The Balaban J connectivity index is 1.47. The molecule has 0 aliphatic heterocycles. The first-order valence-electron chi connectivity index (χ1n) is 8.95. The first-order valence-corrected chi connectivity index (χ1v) is 8.95. The number of furan rings is 1. The second-order valence-electron chi connectivity index (χ2n) is 6.44. The molecule has 2 aromatic heterocycles. The number of anilines is 3. The van der Waals surface area contributed by atoms with Gasteiger partial charge in [0.25, 0.3) is 5.91 Å². The lowest BCUT2D eigenvalue weighted by Gasteiger charge is -2.14. The molecular formula is C22H18N4O3. The van der Waals surface area contributed by atoms with Crippen LogP contribution in [0.3, 0.4) is 0 Å². The van der Waals surface area contributed by atoms with E-state index in [0.717, 1.165) is 5.56 Å². The lowest BCUT2D eigenvalue weighted by molar-refractivity contribution is -0.107. The Morgan fingerprint density at radius 1 is 1.10 bits per heavy atom. The number of carbonyl (C=O) groups is 2. The van der Waals surface area contributed by atoms with Crippen LogP contribution in [0.4, 0.5) is 17.3 Å². The van der Waals surface area contributed by atoms with Crippen LogP contribution in [-0.2, 0) is 11.3 Å². The summed E-state index contributed by atoms with van der Waals surface area (Å²) in [7, 11) is 0. The van der Waals surface area contributed by atoms with Crippen LogP contribution in [0, 0.1) is 0 Å². The SMILES string of the molecule is Nc1ccccc1NC(=O)c1ccc(CN(C=O)c2cc3ncccc3o2)cc1. The highest BCUT2D eigenvalue weighted by Crippen LogP contribution is 2.25. The predicted octanol–water partition coefficient (Wildman–Crippen LogP) is 3.83. The number of hydrogen-bond acceptors (Lipinski definition) is 5. The van der Waals surface area contributed by atoms with Crippen LogP contribution in [0.15, 0.2) is 77.3 Å². The number of carbonyl (C=O) groups excluding carboxylic acids is 2. The zero-order valence-corrected chi connectivity index (χ0v) is 15.4. The molecule has 4 rings (SSSR count). The van der Waals surface area contributed by atoms with E-state index >= 15 is 0 Å². The summed E-state index contributed by atoms with van der Waals surface area (Å²) in [4.78, 5) is 29.6. The van der Waals surface area contributed by atoms with Gasteiger partial charge in [-0.25, -0.2) is 0 Å². The van der Waals surface area contributed by atoms with Crippen molar-refractivity contribution in [2.24, 2.45) is 0 Å². The summed E-state index contributed by atoms with van der Waals surface area (Å²) in [6.07, 6.45) is 2.37. The number of benzene rings is 2. The number of fused-ring (bicyclic) bond motifs is 1. The van der Waals surface area contributed by atoms with Crippen molar-refractivity contribution in [1.29, 1.82) is 0 Å². The number of rotatable bonds is 6. The normalized spacial score (nSPS) is 10.6. The number of amides is 2. The van der Waals surface area contributed by atoms with Crippen molar-refractivity contribution < 1.29 is 14.0 Å². The highest BCUT2D eigenvalue weighted by atomic mass is 16.4. The van der Waals surface area contributed by atoms with Gasteiger partial charge in [-0.2, -0.15) is 0 Å². The van der Waals surface area contributed by atoms with Crippen molar-refractivity contribution in [3.8, 4) is 0 Å². The van der Waals surface area contributed by atoms with E-state index in [1.165, 1.54) is 4.90 Å². The molecular weight excluding hydrogens is 368 g/mol. The van der Waals surface area contributed by atoms with Crippen LogP contribution in [0.1, 0.15) is 15.9 Å². The van der Waals surface area contributed by atoms with Gasteiger partial charge in [-0.3, -0.25) is 19.5 Å². The Morgan fingerprint density at radius 2 is 1.90 bits per heavy atom. The maximum Gasteiger partial charge on any atom is 0.255 e. The molecule has 29 heavy (non-hydrogen) atoms. The van der Waals surface area contributed by atoms with Crippen LogP contribution in [0.2, 0.25) is 0 Å². The van der Waals surface area contributed by atoms with Gasteiger partial charge in [0, 0.05) is 17.8 Å². The van der Waals surface area contributed by atoms with Crippen molar-refractivity contribution in [3.63, 3.8) is 0 Å². The molecule has 0 saturated heterocycles. The molecule has 0 bridgehead atoms. The minimum Gasteiger partial charge on any atom is -0.438 e. The Hall–Kier alpha value is -4.13. The molecule has 0 radical (unpaired) electrons. The Labute approximate surface area is 166 Å². The van der Waals surface area contributed by atoms with Crippen molar-refractivity contribution in [1.82, 2.24) is 4.98 Å². The largest absolute Gasteiger partial charge is 0.438 e. The molecule has 0 saturated carbocycles. The van der Waals surface area contributed by atoms with Gasteiger partial charge in [-0.1, -0.05) is 24.3 Å². The van der Waals surface area contributed by atoms with E-state index in [1.54, 1.807) is 72.9 Å². The quantitative estimate of drug-likeness (QED) is 0.387. The number of hydrogen-bond donors (Lipinski definition) is 2. The number of aromatic nitrogens is 1. The summed E-state index contributed by atoms with van der Waals surface area (Å²) >= 11 is 0. The molecule has 0 aliphatic carbocycles. The Bertz CT molecular complexity index is 1140. The number of nitrogens with zero attached hydrogens (tertiary/aromatic N) is 2. The van der Waals surface area contributed by atoms with Crippen molar-refractivity contribution >= 4 is 40.7 Å². The number of para-hydroxylation sites is 2. The number of nitrogens with two attached hydrogens (primary N) is 1. The molecule has 2 aromatic carbocycles. The molecule has 0 aliphatic rings.